The van der Waals surface area contributed by atoms with Gasteiger partial charge in [-0.25, -0.2) is 0 Å². The lowest BCUT2D eigenvalue weighted by Crippen LogP contribution is -2.58. The van der Waals surface area contributed by atoms with Crippen molar-refractivity contribution in [3.05, 3.63) is 11.8 Å². The molecule has 2 spiro atoms. The smallest absolute Gasteiger partial charge is 0.174 e. The van der Waals surface area contributed by atoms with Gasteiger partial charge in [-0.05, 0) is 54.9 Å². The van der Waals surface area contributed by atoms with Crippen LogP contribution in [0.25, 0.3) is 0 Å². The van der Waals surface area contributed by atoms with Crippen LogP contribution in [0.2, 0.25) is 0 Å². The number of fused-ring (bicyclic) bond motifs is 6. The van der Waals surface area contributed by atoms with E-state index in [0.717, 1.165) is 45.7 Å². The highest BCUT2D eigenvalue weighted by molar-refractivity contribution is 14.2. The van der Waals surface area contributed by atoms with Gasteiger partial charge in [-0.2, -0.15) is 0 Å². The summed E-state index contributed by atoms with van der Waals surface area (Å²) in [6.07, 6.45) is 10.2. The summed E-state index contributed by atoms with van der Waals surface area (Å²) in [5.41, 5.74) is 0.350. The van der Waals surface area contributed by atoms with Gasteiger partial charge >= 0.3 is 0 Å². The van der Waals surface area contributed by atoms with E-state index in [1.54, 1.807) is 0 Å². The first kappa shape index (κ1) is 21.0. The first-order valence-corrected chi connectivity index (χ1v) is 15.0. The van der Waals surface area contributed by atoms with Crippen molar-refractivity contribution in [1.82, 2.24) is 0 Å². The summed E-state index contributed by atoms with van der Waals surface area (Å²) < 4.78 is 31.2. The highest BCUT2D eigenvalue weighted by Crippen LogP contribution is 2.70. The number of rotatable bonds is 2. The maximum atomic E-state index is 6.32. The van der Waals surface area contributed by atoms with E-state index < -0.39 is 0 Å². The van der Waals surface area contributed by atoms with Crippen molar-refractivity contribution in [2.75, 3.05) is 26.4 Å². The predicted octanol–water partition coefficient (Wildman–Crippen LogP) is 5.63. The van der Waals surface area contributed by atoms with Gasteiger partial charge in [0.2, 0.25) is 0 Å². The minimum Gasteiger partial charge on any atom is -0.419 e. The number of halogens is 1. The van der Waals surface area contributed by atoms with Crippen molar-refractivity contribution in [1.29, 1.82) is 0 Å². The van der Waals surface area contributed by atoms with E-state index in [4.69, 9.17) is 23.1 Å². The van der Waals surface area contributed by atoms with Gasteiger partial charge in [0.1, 0.15) is 15.0 Å². The molecule has 0 aromatic carbocycles. The minimum absolute atomic E-state index is 0.0693. The zero-order valence-corrected chi connectivity index (χ0v) is 21.0. The second-order valence-corrected chi connectivity index (χ2v) is 12.2. The molecule has 6 aliphatic rings. The maximum absolute atomic E-state index is 6.32. The molecule has 2 aliphatic heterocycles. The van der Waals surface area contributed by atoms with Crippen LogP contribution in [-0.4, -0.2) is 38.0 Å². The summed E-state index contributed by atoms with van der Waals surface area (Å²) in [6, 6.07) is 0. The molecule has 6 atom stereocenters. The lowest BCUT2D eigenvalue weighted by atomic mass is 9.46. The molecule has 0 bridgehead atoms. The molecule has 0 radical (unpaired) electrons. The van der Waals surface area contributed by atoms with E-state index in [-0.39, 0.29) is 22.4 Å². The summed E-state index contributed by atoms with van der Waals surface area (Å²) in [6.45, 7) is 7.91. The predicted molar refractivity (Wildman–Crippen MR) is 123 cm³/mol. The molecule has 5 nitrogen and oxygen atoms in total. The van der Waals surface area contributed by atoms with Crippen molar-refractivity contribution < 1.29 is 23.1 Å². The lowest BCUT2D eigenvalue weighted by molar-refractivity contribution is -0.249. The van der Waals surface area contributed by atoms with E-state index in [1.165, 1.54) is 40.7 Å². The van der Waals surface area contributed by atoms with E-state index in [0.29, 0.717) is 23.7 Å². The van der Waals surface area contributed by atoms with Crippen molar-refractivity contribution in [3.63, 3.8) is 0 Å². The fourth-order valence-corrected chi connectivity index (χ4v) is 9.24. The van der Waals surface area contributed by atoms with E-state index in [2.05, 4.69) is 41.1 Å². The second-order valence-electron chi connectivity index (χ2n) is 10.8. The SMILES string of the molecule is C[C@]12CCC3(CC1C=C(OSI)C1C2CC[C@@]2(C)C1CCC21OCCO1)OCCO3. The Labute approximate surface area is 196 Å². The Hall–Kier alpha value is 0.460. The molecule has 3 saturated carbocycles. The molecule has 2 saturated heterocycles. The van der Waals surface area contributed by atoms with Gasteiger partial charge in [-0.3, -0.25) is 0 Å². The van der Waals surface area contributed by atoms with Gasteiger partial charge in [0.05, 0.1) is 26.4 Å². The zero-order valence-electron chi connectivity index (χ0n) is 18.0. The van der Waals surface area contributed by atoms with Crippen LogP contribution in [0.3, 0.4) is 0 Å². The average Bonchev–Trinajstić information content (AvgIpc) is 3.45. The maximum Gasteiger partial charge on any atom is 0.174 e. The molecule has 0 aromatic rings. The minimum atomic E-state index is -0.370. The Balaban J connectivity index is 1.38. The molecule has 5 fully saturated rings. The summed E-state index contributed by atoms with van der Waals surface area (Å²) in [5, 5.41) is 0. The van der Waals surface area contributed by atoms with Crippen molar-refractivity contribution in [3.8, 4) is 0 Å². The Kier molecular flexibility index (Phi) is 5.06. The van der Waals surface area contributed by atoms with E-state index >= 15 is 0 Å². The topological polar surface area (TPSA) is 46.2 Å². The molecule has 0 amide bonds. The Morgan fingerprint density at radius 3 is 2.37 bits per heavy atom. The lowest BCUT2D eigenvalue weighted by Gasteiger charge is -2.60. The fourth-order valence-electron chi connectivity index (χ4n) is 8.38. The van der Waals surface area contributed by atoms with Gasteiger partial charge in [0.15, 0.2) is 11.6 Å². The summed E-state index contributed by atoms with van der Waals surface area (Å²) >= 11 is 2.27. The summed E-state index contributed by atoms with van der Waals surface area (Å²) in [5.74, 6) is 2.56. The van der Waals surface area contributed by atoms with Gasteiger partial charge in [-0.15, -0.1) is 0 Å². The van der Waals surface area contributed by atoms with E-state index in [1.807, 2.05) is 0 Å². The Morgan fingerprint density at radius 2 is 1.63 bits per heavy atom. The van der Waals surface area contributed by atoms with Crippen LogP contribution in [0.15, 0.2) is 11.8 Å². The van der Waals surface area contributed by atoms with Crippen LogP contribution in [0.5, 0.6) is 0 Å². The molecule has 2 heterocycles. The number of ether oxygens (including phenoxy) is 4. The highest BCUT2D eigenvalue weighted by atomic mass is 127. The monoisotopic (exact) mass is 548 g/mol. The molecule has 4 aliphatic carbocycles. The molecule has 4 unspecified atom stereocenters. The standard InChI is InChI=1S/C23H33IO5S/c1-20-7-8-22(25-9-10-26-22)14-15(20)13-18(29-30-24)19-16(20)3-5-21(2)17(19)4-6-23(21)27-11-12-28-23/h13,15-17,19H,3-12,14H2,1-2H3/t15?,16?,17?,19?,20-,21-/m0/s1. The van der Waals surface area contributed by atoms with Crippen LogP contribution >= 0.6 is 30.4 Å². The number of hydrogen-bond donors (Lipinski definition) is 0. The summed E-state index contributed by atoms with van der Waals surface area (Å²) in [4.78, 5) is 0. The third kappa shape index (κ3) is 2.74. The average molecular weight is 548 g/mol. The van der Waals surface area contributed by atoms with Crippen LogP contribution < -0.4 is 0 Å². The van der Waals surface area contributed by atoms with Crippen LogP contribution in [0.4, 0.5) is 0 Å². The van der Waals surface area contributed by atoms with Gasteiger partial charge in [0, 0.05) is 51.8 Å². The molecule has 168 valence electrons. The van der Waals surface area contributed by atoms with Crippen molar-refractivity contribution >= 4 is 30.4 Å². The number of allylic oxidation sites excluding steroid dienone is 2. The van der Waals surface area contributed by atoms with Crippen molar-refractivity contribution in [2.45, 2.75) is 70.4 Å². The third-order valence-electron chi connectivity index (χ3n) is 9.97. The van der Waals surface area contributed by atoms with Crippen LogP contribution in [-0.2, 0) is 23.1 Å². The molecule has 0 aromatic heterocycles. The first-order chi connectivity index (χ1) is 14.5. The zero-order chi connectivity index (χ0) is 20.6. The van der Waals surface area contributed by atoms with Gasteiger partial charge in [-0.1, -0.05) is 13.8 Å². The first-order valence-electron chi connectivity index (χ1n) is 11.7. The van der Waals surface area contributed by atoms with Crippen molar-refractivity contribution in [2.24, 2.45) is 34.5 Å². The van der Waals surface area contributed by atoms with Gasteiger partial charge in [0.25, 0.3) is 0 Å². The number of hydrogen-bond acceptors (Lipinski definition) is 6. The fraction of sp³-hybridized carbons (Fsp3) is 0.913. The second kappa shape index (κ2) is 7.23. The Bertz CT molecular complexity index is 733. The molecule has 0 N–H and O–H groups in total. The van der Waals surface area contributed by atoms with E-state index in [9.17, 15) is 0 Å². The largest absolute Gasteiger partial charge is 0.419 e. The van der Waals surface area contributed by atoms with Crippen LogP contribution in [0.1, 0.15) is 58.8 Å². The van der Waals surface area contributed by atoms with Gasteiger partial charge < -0.3 is 23.1 Å². The third-order valence-corrected chi connectivity index (χ3v) is 10.8. The molecular weight excluding hydrogens is 515 g/mol. The molecular formula is C23H33IO5S. The molecule has 7 heteroatoms. The Morgan fingerprint density at radius 1 is 0.933 bits per heavy atom. The van der Waals surface area contributed by atoms with Crippen LogP contribution in [0, 0.1) is 34.5 Å². The normalized spacial score (nSPS) is 48.3. The summed E-state index contributed by atoms with van der Waals surface area (Å²) in [7, 11) is 1.46. The molecule has 30 heavy (non-hydrogen) atoms. The molecule has 6 rings (SSSR count). The quantitative estimate of drug-likeness (QED) is 0.329. The highest BCUT2D eigenvalue weighted by Gasteiger charge is 2.69.